The Labute approximate surface area is 150 Å². The molecule has 0 amide bonds. The van der Waals surface area contributed by atoms with Gasteiger partial charge in [-0.3, -0.25) is 9.69 Å². The highest BCUT2D eigenvalue weighted by Gasteiger charge is 2.46. The maximum atomic E-state index is 12.7. The molecule has 1 N–H and O–H groups in total. The Hall–Kier alpha value is -2.63. The smallest absolute Gasteiger partial charge is 0.227 e. The predicted octanol–water partition coefficient (Wildman–Crippen LogP) is 3.88. The van der Waals surface area contributed by atoms with Gasteiger partial charge in [0.1, 0.15) is 0 Å². The summed E-state index contributed by atoms with van der Waals surface area (Å²) in [6, 6.07) is 18.2. The van der Waals surface area contributed by atoms with E-state index in [1.54, 1.807) is 17.0 Å². The number of ketones is 1. The van der Waals surface area contributed by atoms with E-state index >= 15 is 0 Å². The summed E-state index contributed by atoms with van der Waals surface area (Å²) in [5.74, 6) is -0.163. The van der Waals surface area contributed by atoms with Crippen LogP contribution in [0.3, 0.4) is 0 Å². The van der Waals surface area contributed by atoms with Gasteiger partial charge in [0.2, 0.25) is 5.72 Å². The lowest BCUT2D eigenvalue weighted by molar-refractivity contribution is 0.0800. The minimum atomic E-state index is -1.56. The van der Waals surface area contributed by atoms with Crippen molar-refractivity contribution in [2.75, 3.05) is 0 Å². The fraction of sp³-hybridized carbons (Fsp3) is 0.100. The van der Waals surface area contributed by atoms with Crippen LogP contribution in [0.15, 0.2) is 88.5 Å². The van der Waals surface area contributed by atoms with Crippen molar-refractivity contribution in [2.45, 2.75) is 12.6 Å². The number of hydrogen-bond acceptors (Lipinski definition) is 5. The molecule has 0 fully saturated rings. The zero-order chi connectivity index (χ0) is 17.4. The van der Waals surface area contributed by atoms with Crippen LogP contribution < -0.4 is 0 Å². The molecule has 4 rings (SSSR count). The molecule has 2 aliphatic rings. The second kappa shape index (κ2) is 6.02. The molecule has 0 saturated carbocycles. The molecule has 0 aliphatic carbocycles. The first kappa shape index (κ1) is 15.9. The maximum absolute atomic E-state index is 12.7. The Kier molecular flexibility index (Phi) is 3.82. The highest BCUT2D eigenvalue weighted by Crippen LogP contribution is 2.46. The number of rotatable bonds is 3. The van der Waals surface area contributed by atoms with E-state index in [9.17, 15) is 9.90 Å². The van der Waals surface area contributed by atoms with Gasteiger partial charge in [-0.1, -0.05) is 72.4 Å². The molecular weight excluding hydrogens is 332 g/mol. The third-order valence-electron chi connectivity index (χ3n) is 4.15. The lowest BCUT2D eigenvalue weighted by Gasteiger charge is -2.24. The summed E-state index contributed by atoms with van der Waals surface area (Å²) in [6.45, 7) is 1.98. The van der Waals surface area contributed by atoms with Gasteiger partial charge in [-0.05, 0) is 6.92 Å². The first-order valence-corrected chi connectivity index (χ1v) is 8.74. The zero-order valence-corrected chi connectivity index (χ0v) is 14.4. The van der Waals surface area contributed by atoms with Crippen molar-refractivity contribution in [2.24, 2.45) is 4.99 Å². The molecule has 2 aliphatic heterocycles. The van der Waals surface area contributed by atoms with Crippen LogP contribution in [0, 0.1) is 0 Å². The Balaban J connectivity index is 1.82. The van der Waals surface area contributed by atoms with Gasteiger partial charge in [0.15, 0.2) is 11.0 Å². The molecule has 0 saturated heterocycles. The van der Waals surface area contributed by atoms with Gasteiger partial charge in [-0.15, -0.1) is 0 Å². The van der Waals surface area contributed by atoms with E-state index in [1.807, 2.05) is 61.7 Å². The SMILES string of the molecule is CC1=CN2C(=NC(O)(c3ccccc3)/C2=C\C(=O)c2ccccc2)S1. The molecule has 2 aromatic rings. The predicted molar refractivity (Wildman–Crippen MR) is 99.8 cm³/mol. The molecular formula is C20H16N2O2S. The van der Waals surface area contributed by atoms with Crippen LogP contribution in [0.2, 0.25) is 0 Å². The van der Waals surface area contributed by atoms with Crippen LogP contribution in [-0.2, 0) is 5.72 Å². The highest BCUT2D eigenvalue weighted by molar-refractivity contribution is 8.17. The summed E-state index contributed by atoms with van der Waals surface area (Å²) in [5, 5.41) is 12.0. The average Bonchev–Trinajstić information content (AvgIpc) is 3.11. The van der Waals surface area contributed by atoms with Crippen molar-refractivity contribution >= 4 is 22.7 Å². The molecule has 0 aromatic heterocycles. The molecule has 4 nitrogen and oxygen atoms in total. The van der Waals surface area contributed by atoms with Crippen LogP contribution in [0.25, 0.3) is 0 Å². The van der Waals surface area contributed by atoms with Crippen LogP contribution in [0.1, 0.15) is 22.8 Å². The normalized spacial score (nSPS) is 23.4. The molecule has 25 heavy (non-hydrogen) atoms. The Morgan fingerprint density at radius 1 is 1.12 bits per heavy atom. The van der Waals surface area contributed by atoms with Crippen LogP contribution >= 0.6 is 11.8 Å². The van der Waals surface area contributed by atoms with Gasteiger partial charge in [0.05, 0.1) is 5.70 Å². The van der Waals surface area contributed by atoms with E-state index in [4.69, 9.17) is 0 Å². The van der Waals surface area contributed by atoms with Crippen molar-refractivity contribution in [3.63, 3.8) is 0 Å². The molecule has 0 bridgehead atoms. The van der Waals surface area contributed by atoms with Gasteiger partial charge < -0.3 is 5.11 Å². The van der Waals surface area contributed by atoms with E-state index in [1.165, 1.54) is 17.8 Å². The molecule has 0 radical (unpaired) electrons. The van der Waals surface area contributed by atoms with Gasteiger partial charge in [0, 0.05) is 28.3 Å². The van der Waals surface area contributed by atoms with Crippen molar-refractivity contribution in [1.29, 1.82) is 0 Å². The second-order valence-corrected chi connectivity index (χ2v) is 7.12. The molecule has 0 spiro atoms. The topological polar surface area (TPSA) is 52.9 Å². The number of fused-ring (bicyclic) bond motifs is 1. The van der Waals surface area contributed by atoms with E-state index in [0.29, 0.717) is 22.0 Å². The van der Waals surface area contributed by atoms with E-state index < -0.39 is 5.72 Å². The monoisotopic (exact) mass is 348 g/mol. The number of thioether (sulfide) groups is 1. The van der Waals surface area contributed by atoms with Gasteiger partial charge >= 0.3 is 0 Å². The molecule has 2 heterocycles. The van der Waals surface area contributed by atoms with Crippen LogP contribution in [-0.4, -0.2) is 21.0 Å². The fourth-order valence-electron chi connectivity index (χ4n) is 2.93. The Bertz CT molecular complexity index is 919. The fourth-order valence-corrected chi connectivity index (χ4v) is 3.81. The van der Waals surface area contributed by atoms with Gasteiger partial charge in [-0.2, -0.15) is 0 Å². The lowest BCUT2D eigenvalue weighted by atomic mass is 9.98. The van der Waals surface area contributed by atoms with Crippen LogP contribution in [0.5, 0.6) is 0 Å². The van der Waals surface area contributed by atoms with Crippen molar-refractivity contribution < 1.29 is 9.90 Å². The quantitative estimate of drug-likeness (QED) is 0.676. The summed E-state index contributed by atoms with van der Waals surface area (Å²) >= 11 is 1.48. The lowest BCUT2D eigenvalue weighted by Crippen LogP contribution is -2.28. The standard InChI is InChI=1S/C20H16N2O2S/c1-14-13-22-18(12-17(23)15-8-4-2-5-9-15)20(24,21-19(22)25-14)16-10-6-3-7-11-16/h2-13,24H,1H3/b18-12+. The third kappa shape index (κ3) is 2.71. The molecule has 1 unspecified atom stereocenters. The number of benzene rings is 2. The van der Waals surface area contributed by atoms with E-state index in [2.05, 4.69) is 4.99 Å². The number of carbonyl (C=O) groups excluding carboxylic acids is 1. The number of hydrogen-bond donors (Lipinski definition) is 1. The first-order chi connectivity index (χ1) is 12.1. The third-order valence-corrected chi connectivity index (χ3v) is 5.04. The van der Waals surface area contributed by atoms with Crippen molar-refractivity contribution in [3.05, 3.63) is 94.7 Å². The number of carbonyl (C=O) groups is 1. The maximum Gasteiger partial charge on any atom is 0.227 e. The Morgan fingerprint density at radius 3 is 2.44 bits per heavy atom. The molecule has 124 valence electrons. The minimum Gasteiger partial charge on any atom is -0.361 e. The molecule has 5 heteroatoms. The van der Waals surface area contributed by atoms with Crippen molar-refractivity contribution in [3.8, 4) is 0 Å². The minimum absolute atomic E-state index is 0.163. The Morgan fingerprint density at radius 2 is 1.76 bits per heavy atom. The van der Waals surface area contributed by atoms with Crippen molar-refractivity contribution in [1.82, 2.24) is 4.90 Å². The first-order valence-electron chi connectivity index (χ1n) is 7.93. The number of nitrogens with zero attached hydrogens (tertiary/aromatic N) is 2. The number of allylic oxidation sites excluding steroid dienone is 2. The second-order valence-electron chi connectivity index (χ2n) is 5.90. The average molecular weight is 348 g/mol. The summed E-state index contributed by atoms with van der Waals surface area (Å²) in [6.07, 6.45) is 3.38. The molecule has 1 atom stereocenters. The summed E-state index contributed by atoms with van der Waals surface area (Å²) in [5.41, 5.74) is 0.0968. The molecule has 2 aromatic carbocycles. The number of aliphatic imine (C=N–C) groups is 1. The number of amidine groups is 1. The van der Waals surface area contributed by atoms with Crippen LogP contribution in [0.4, 0.5) is 0 Å². The summed E-state index contributed by atoms with van der Waals surface area (Å²) < 4.78 is 0. The van der Waals surface area contributed by atoms with Gasteiger partial charge in [0.25, 0.3) is 0 Å². The van der Waals surface area contributed by atoms with Gasteiger partial charge in [-0.25, -0.2) is 4.99 Å². The summed E-state index contributed by atoms with van der Waals surface area (Å²) in [7, 11) is 0. The van der Waals surface area contributed by atoms with E-state index in [0.717, 1.165) is 4.91 Å². The largest absolute Gasteiger partial charge is 0.361 e. The highest BCUT2D eigenvalue weighted by atomic mass is 32.2. The number of aliphatic hydroxyl groups is 1. The zero-order valence-electron chi connectivity index (χ0n) is 13.6. The van der Waals surface area contributed by atoms with E-state index in [-0.39, 0.29) is 5.78 Å². The summed E-state index contributed by atoms with van der Waals surface area (Å²) in [4.78, 5) is 20.1.